The van der Waals surface area contributed by atoms with Crippen LogP contribution in [0.15, 0.2) is 52.1 Å². The maximum atomic E-state index is 14.6. The van der Waals surface area contributed by atoms with Crippen molar-refractivity contribution in [2.45, 2.75) is 24.4 Å². The highest BCUT2D eigenvalue weighted by atomic mass is 35.5. The van der Waals surface area contributed by atoms with Crippen LogP contribution in [-0.4, -0.2) is 43.1 Å². The van der Waals surface area contributed by atoms with Crippen LogP contribution in [-0.2, 0) is 27.9 Å². The summed E-state index contributed by atoms with van der Waals surface area (Å²) >= 11 is 6.19. The van der Waals surface area contributed by atoms with E-state index in [9.17, 15) is 17.2 Å². The number of anilines is 2. The first-order chi connectivity index (χ1) is 16.2. The van der Waals surface area contributed by atoms with E-state index in [2.05, 4.69) is 24.6 Å². The Balaban J connectivity index is 0.00000103. The van der Waals surface area contributed by atoms with Crippen LogP contribution in [0.3, 0.4) is 0 Å². The Hall–Kier alpha value is -3.22. The highest BCUT2D eigenvalue weighted by Gasteiger charge is 2.23. The number of aromatic nitrogens is 1. The molecule has 4 rings (SSSR count). The van der Waals surface area contributed by atoms with Crippen LogP contribution in [0, 0.1) is 11.6 Å². The minimum absolute atomic E-state index is 0.0254. The number of sulfonamides is 1. The molecule has 182 valence electrons. The van der Waals surface area contributed by atoms with Gasteiger partial charge in [0.1, 0.15) is 22.8 Å². The van der Waals surface area contributed by atoms with Gasteiger partial charge in [0, 0.05) is 24.7 Å². The number of rotatable bonds is 8. The maximum absolute atomic E-state index is 14.6. The van der Waals surface area contributed by atoms with Crippen molar-refractivity contribution in [2.24, 2.45) is 0 Å². The van der Waals surface area contributed by atoms with Crippen LogP contribution in [0.25, 0.3) is 0 Å². The lowest BCUT2D eigenvalue weighted by Crippen LogP contribution is -2.36. The van der Waals surface area contributed by atoms with Crippen LogP contribution in [0.4, 0.5) is 20.3 Å². The van der Waals surface area contributed by atoms with Crippen LogP contribution >= 0.6 is 11.6 Å². The third-order valence-corrected chi connectivity index (χ3v) is 6.68. The molecule has 0 saturated carbocycles. The van der Waals surface area contributed by atoms with Crippen LogP contribution in [0.1, 0.15) is 17.5 Å². The molecular formula is C21H21ClF2N4O5S. The Morgan fingerprint density at radius 2 is 1.94 bits per heavy atom. The van der Waals surface area contributed by atoms with Gasteiger partial charge in [-0.2, -0.15) is 0 Å². The largest absolute Gasteiger partial charge is 0.483 e. The van der Waals surface area contributed by atoms with E-state index in [1.165, 1.54) is 18.4 Å². The summed E-state index contributed by atoms with van der Waals surface area (Å²) in [5.74, 6) is -1.48. The van der Waals surface area contributed by atoms with Gasteiger partial charge in [0.25, 0.3) is 16.5 Å². The van der Waals surface area contributed by atoms with Gasteiger partial charge in [-0.15, -0.1) is 0 Å². The first-order valence-electron chi connectivity index (χ1n) is 9.97. The molecule has 3 aromatic rings. The topological polar surface area (TPSA) is 125 Å². The predicted molar refractivity (Wildman–Crippen MR) is 121 cm³/mol. The molecule has 2 heterocycles. The number of nitrogens with one attached hydrogen (secondary N) is 2. The molecule has 0 radical (unpaired) electrons. The van der Waals surface area contributed by atoms with Gasteiger partial charge in [-0.1, -0.05) is 28.9 Å². The highest BCUT2D eigenvalue weighted by molar-refractivity contribution is 7.92. The Labute approximate surface area is 199 Å². The van der Waals surface area contributed by atoms with Crippen molar-refractivity contribution in [1.82, 2.24) is 10.1 Å². The molecule has 0 bridgehead atoms. The lowest BCUT2D eigenvalue weighted by atomic mass is 10.0. The second-order valence-corrected chi connectivity index (χ2v) is 9.28. The zero-order chi connectivity index (χ0) is 24.7. The molecule has 0 atom stereocenters. The molecule has 34 heavy (non-hydrogen) atoms. The quantitative estimate of drug-likeness (QED) is 0.386. The predicted octanol–water partition coefficient (Wildman–Crippen LogP) is 3.93. The third-order valence-electron chi connectivity index (χ3n) is 5.00. The average Bonchev–Trinajstić information content (AvgIpc) is 3.25. The van der Waals surface area contributed by atoms with Gasteiger partial charge in [-0.05, 0) is 43.3 Å². The first kappa shape index (κ1) is 25.4. The monoisotopic (exact) mass is 514 g/mol. The second kappa shape index (κ2) is 11.3. The van der Waals surface area contributed by atoms with Crippen molar-refractivity contribution >= 4 is 39.6 Å². The minimum atomic E-state index is -4.27. The molecule has 1 fully saturated rings. The molecule has 0 unspecified atom stereocenters. The van der Waals surface area contributed by atoms with Crippen molar-refractivity contribution in [2.75, 3.05) is 23.1 Å². The number of nitrogens with zero attached hydrogens (tertiary/aromatic N) is 2. The SMILES string of the molecule is O=CO.O=S(=O)(Nc1ccon1)c1cc(Cl)c(NCc2c(F)cccc2CN2CCC2)cc1F. The summed E-state index contributed by atoms with van der Waals surface area (Å²) in [5, 5.41) is 13.2. The number of halogens is 3. The van der Waals surface area contributed by atoms with E-state index in [0.29, 0.717) is 12.1 Å². The third kappa shape index (κ3) is 6.22. The Morgan fingerprint density at radius 1 is 1.21 bits per heavy atom. The Bertz CT molecular complexity index is 1240. The first-order valence-corrected chi connectivity index (χ1v) is 11.8. The van der Waals surface area contributed by atoms with Gasteiger partial charge in [0.05, 0.1) is 10.7 Å². The van der Waals surface area contributed by atoms with Gasteiger partial charge in [0.15, 0.2) is 5.82 Å². The normalized spacial score (nSPS) is 13.4. The number of hydrogen-bond donors (Lipinski definition) is 3. The summed E-state index contributed by atoms with van der Waals surface area (Å²) in [5.41, 5.74) is 1.44. The second-order valence-electron chi connectivity index (χ2n) is 7.22. The van der Waals surface area contributed by atoms with Gasteiger partial charge in [-0.3, -0.25) is 14.4 Å². The Morgan fingerprint density at radius 3 is 2.56 bits per heavy atom. The van der Waals surface area contributed by atoms with Gasteiger partial charge < -0.3 is 14.9 Å². The van der Waals surface area contributed by atoms with Crippen molar-refractivity contribution in [3.63, 3.8) is 0 Å². The maximum Gasteiger partial charge on any atom is 0.290 e. The molecule has 1 aromatic heterocycles. The number of likely N-dealkylation sites (tertiary alicyclic amines) is 1. The molecule has 13 heteroatoms. The van der Waals surface area contributed by atoms with E-state index >= 15 is 0 Å². The lowest BCUT2D eigenvalue weighted by molar-refractivity contribution is -0.122. The fourth-order valence-corrected chi connectivity index (χ4v) is 4.62. The summed E-state index contributed by atoms with van der Waals surface area (Å²) in [4.78, 5) is 9.92. The summed E-state index contributed by atoms with van der Waals surface area (Å²) in [6.45, 7) is 2.39. The molecule has 0 aliphatic carbocycles. The molecule has 3 N–H and O–H groups in total. The fraction of sp³-hybridized carbons (Fsp3) is 0.238. The summed E-state index contributed by atoms with van der Waals surface area (Å²) in [6, 6.07) is 8.11. The van der Waals surface area contributed by atoms with Gasteiger partial charge >= 0.3 is 0 Å². The Kier molecular flexibility index (Phi) is 8.42. The van der Waals surface area contributed by atoms with E-state index < -0.39 is 20.7 Å². The molecule has 1 saturated heterocycles. The van der Waals surface area contributed by atoms with E-state index in [4.69, 9.17) is 21.5 Å². The van der Waals surface area contributed by atoms with Gasteiger partial charge in [-0.25, -0.2) is 17.2 Å². The average molecular weight is 515 g/mol. The number of carboxylic acid groups (broad SMARTS) is 1. The van der Waals surface area contributed by atoms with Crippen molar-refractivity contribution in [1.29, 1.82) is 0 Å². The minimum Gasteiger partial charge on any atom is -0.483 e. The van der Waals surface area contributed by atoms with Crippen LogP contribution < -0.4 is 10.0 Å². The van der Waals surface area contributed by atoms with Crippen LogP contribution in [0.5, 0.6) is 0 Å². The lowest BCUT2D eigenvalue weighted by Gasteiger charge is -2.31. The van der Waals surface area contributed by atoms with Crippen molar-refractivity contribution in [3.8, 4) is 0 Å². The summed E-state index contributed by atoms with van der Waals surface area (Å²) in [6.07, 6.45) is 2.30. The molecule has 1 aliphatic heterocycles. The standard InChI is InChI=1S/C20H19ClF2N4O3S.CH2O2/c21-15-9-19(31(28,29)26-20-5-8-30-25-20)17(23)10-18(15)24-11-14-13(3-1-4-16(14)22)12-27-6-2-7-27;2-1-3/h1,3-5,8-10,24H,2,6-7,11-12H2,(H,25,26);1H,(H,2,3). The molecule has 2 aromatic carbocycles. The molecule has 9 nitrogen and oxygen atoms in total. The number of benzene rings is 2. The van der Waals surface area contributed by atoms with Crippen molar-refractivity contribution in [3.05, 3.63) is 70.4 Å². The van der Waals surface area contributed by atoms with Crippen molar-refractivity contribution < 1.29 is 31.6 Å². The smallest absolute Gasteiger partial charge is 0.290 e. The van der Waals surface area contributed by atoms with E-state index in [1.807, 2.05) is 6.07 Å². The molecular weight excluding hydrogens is 494 g/mol. The zero-order valence-corrected chi connectivity index (χ0v) is 19.2. The van der Waals surface area contributed by atoms with E-state index in [0.717, 1.165) is 37.2 Å². The van der Waals surface area contributed by atoms with E-state index in [1.54, 1.807) is 6.07 Å². The number of hydrogen-bond acceptors (Lipinski definition) is 7. The molecule has 0 spiro atoms. The van der Waals surface area contributed by atoms with Crippen LogP contribution in [0.2, 0.25) is 5.02 Å². The highest BCUT2D eigenvalue weighted by Crippen LogP contribution is 2.30. The summed E-state index contributed by atoms with van der Waals surface area (Å²) < 4.78 is 60.6. The summed E-state index contributed by atoms with van der Waals surface area (Å²) in [7, 11) is -4.27. The fourth-order valence-electron chi connectivity index (χ4n) is 3.24. The van der Waals surface area contributed by atoms with Gasteiger partial charge in [0.2, 0.25) is 0 Å². The molecule has 0 amide bonds. The van der Waals surface area contributed by atoms with E-state index in [-0.39, 0.29) is 35.4 Å². The zero-order valence-electron chi connectivity index (χ0n) is 17.7. The molecule has 1 aliphatic rings. The number of carbonyl (C=O) groups is 1.